The van der Waals surface area contributed by atoms with Crippen molar-refractivity contribution in [3.8, 4) is 5.75 Å². The van der Waals surface area contributed by atoms with Crippen molar-refractivity contribution < 1.29 is 10.2 Å². The fourth-order valence-electron chi connectivity index (χ4n) is 1.75. The molecular formula is C13H15NO2. The van der Waals surface area contributed by atoms with Crippen LogP contribution in [0.3, 0.4) is 0 Å². The van der Waals surface area contributed by atoms with Gasteiger partial charge in [0, 0.05) is 18.4 Å². The largest absolute Gasteiger partial charge is 0.508 e. The lowest BCUT2D eigenvalue weighted by Crippen LogP contribution is -2.05. The van der Waals surface area contributed by atoms with Crippen LogP contribution in [0.4, 0.5) is 0 Å². The Bertz CT molecular complexity index is 457. The second-order valence-electron chi connectivity index (χ2n) is 3.90. The van der Waals surface area contributed by atoms with Gasteiger partial charge in [-0.25, -0.2) is 0 Å². The monoisotopic (exact) mass is 217 g/mol. The normalized spacial score (nSPS) is 12.6. The molecule has 0 saturated carbocycles. The van der Waals surface area contributed by atoms with Crippen LogP contribution in [0, 0.1) is 0 Å². The quantitative estimate of drug-likeness (QED) is 0.828. The van der Waals surface area contributed by atoms with Crippen molar-refractivity contribution in [2.45, 2.75) is 19.6 Å². The molecule has 0 aliphatic rings. The smallest absolute Gasteiger partial charge is 0.115 e. The van der Waals surface area contributed by atoms with Gasteiger partial charge < -0.3 is 14.8 Å². The summed E-state index contributed by atoms with van der Waals surface area (Å²) in [4.78, 5) is 0. The molecule has 16 heavy (non-hydrogen) atoms. The van der Waals surface area contributed by atoms with Crippen molar-refractivity contribution in [1.82, 2.24) is 4.57 Å². The summed E-state index contributed by atoms with van der Waals surface area (Å²) >= 11 is 0. The highest BCUT2D eigenvalue weighted by atomic mass is 16.3. The van der Waals surface area contributed by atoms with Crippen LogP contribution in [0.15, 0.2) is 42.6 Å². The molecule has 0 spiro atoms. The average molecular weight is 217 g/mol. The highest BCUT2D eigenvalue weighted by Crippen LogP contribution is 2.16. The predicted octanol–water partition coefficient (Wildman–Crippen LogP) is 2.30. The van der Waals surface area contributed by atoms with Crippen LogP contribution in [0.2, 0.25) is 0 Å². The molecule has 1 atom stereocenters. The van der Waals surface area contributed by atoms with Crippen molar-refractivity contribution >= 4 is 0 Å². The van der Waals surface area contributed by atoms with E-state index in [1.807, 2.05) is 35.0 Å². The van der Waals surface area contributed by atoms with Gasteiger partial charge in [-0.2, -0.15) is 0 Å². The number of rotatable bonds is 3. The van der Waals surface area contributed by atoms with Gasteiger partial charge in [0.15, 0.2) is 0 Å². The zero-order valence-corrected chi connectivity index (χ0v) is 9.17. The van der Waals surface area contributed by atoms with Crippen molar-refractivity contribution in [1.29, 1.82) is 0 Å². The molecule has 0 radical (unpaired) electrons. The molecule has 1 aromatic carbocycles. The number of aromatic nitrogens is 1. The maximum absolute atomic E-state index is 9.55. The van der Waals surface area contributed by atoms with Gasteiger partial charge in [0.05, 0.1) is 6.10 Å². The van der Waals surface area contributed by atoms with E-state index >= 15 is 0 Å². The minimum absolute atomic E-state index is 0.270. The number of hydrogen-bond acceptors (Lipinski definition) is 2. The standard InChI is InChI=1S/C13H15NO2/c1-10(15)13-3-2-8-14(13)9-11-4-6-12(16)7-5-11/h2-8,10,15-16H,9H2,1H3. The van der Waals surface area contributed by atoms with Crippen LogP contribution >= 0.6 is 0 Å². The van der Waals surface area contributed by atoms with E-state index in [9.17, 15) is 10.2 Å². The number of phenolic OH excluding ortho intramolecular Hbond substituents is 1. The molecule has 0 saturated heterocycles. The van der Waals surface area contributed by atoms with Gasteiger partial charge in [-0.15, -0.1) is 0 Å². The minimum atomic E-state index is -0.466. The Hall–Kier alpha value is -1.74. The van der Waals surface area contributed by atoms with E-state index in [1.54, 1.807) is 19.1 Å². The first-order valence-corrected chi connectivity index (χ1v) is 5.28. The van der Waals surface area contributed by atoms with Crippen molar-refractivity contribution in [2.75, 3.05) is 0 Å². The second kappa shape index (κ2) is 4.41. The van der Waals surface area contributed by atoms with Crippen LogP contribution in [-0.2, 0) is 6.54 Å². The maximum Gasteiger partial charge on any atom is 0.115 e. The lowest BCUT2D eigenvalue weighted by molar-refractivity contribution is 0.190. The Morgan fingerprint density at radius 2 is 1.88 bits per heavy atom. The summed E-state index contributed by atoms with van der Waals surface area (Å²) in [6.07, 6.45) is 1.47. The first kappa shape index (κ1) is 10.8. The zero-order chi connectivity index (χ0) is 11.5. The van der Waals surface area contributed by atoms with Crippen LogP contribution < -0.4 is 0 Å². The lowest BCUT2D eigenvalue weighted by atomic mass is 10.2. The summed E-state index contributed by atoms with van der Waals surface area (Å²) in [5, 5.41) is 18.7. The molecule has 2 N–H and O–H groups in total. The van der Waals surface area contributed by atoms with E-state index in [0.29, 0.717) is 6.54 Å². The number of aliphatic hydroxyl groups excluding tert-OH is 1. The first-order chi connectivity index (χ1) is 7.66. The number of aromatic hydroxyl groups is 1. The first-order valence-electron chi connectivity index (χ1n) is 5.28. The van der Waals surface area contributed by atoms with Gasteiger partial charge in [0.2, 0.25) is 0 Å². The molecule has 1 aromatic heterocycles. The fourth-order valence-corrected chi connectivity index (χ4v) is 1.75. The molecule has 3 nitrogen and oxygen atoms in total. The SMILES string of the molecule is CC(O)c1cccn1Cc1ccc(O)cc1. The van der Waals surface area contributed by atoms with E-state index in [4.69, 9.17) is 0 Å². The Morgan fingerprint density at radius 1 is 1.19 bits per heavy atom. The van der Waals surface area contributed by atoms with Crippen LogP contribution in [0.5, 0.6) is 5.75 Å². The summed E-state index contributed by atoms with van der Waals surface area (Å²) in [7, 11) is 0. The van der Waals surface area contributed by atoms with Crippen molar-refractivity contribution in [3.05, 3.63) is 53.9 Å². The number of aliphatic hydroxyl groups is 1. The molecule has 1 heterocycles. The molecule has 0 aliphatic heterocycles. The van der Waals surface area contributed by atoms with E-state index in [-0.39, 0.29) is 5.75 Å². The predicted molar refractivity (Wildman–Crippen MR) is 62.3 cm³/mol. The van der Waals surface area contributed by atoms with Crippen molar-refractivity contribution in [2.24, 2.45) is 0 Å². The zero-order valence-electron chi connectivity index (χ0n) is 9.17. The number of phenols is 1. The highest BCUT2D eigenvalue weighted by Gasteiger charge is 2.06. The average Bonchev–Trinajstić information content (AvgIpc) is 2.69. The molecule has 2 rings (SSSR count). The molecule has 0 amide bonds. The number of benzene rings is 1. The van der Waals surface area contributed by atoms with Crippen LogP contribution in [-0.4, -0.2) is 14.8 Å². The topological polar surface area (TPSA) is 45.4 Å². The van der Waals surface area contributed by atoms with Crippen LogP contribution in [0.25, 0.3) is 0 Å². The molecule has 2 aromatic rings. The Labute approximate surface area is 94.6 Å². The summed E-state index contributed by atoms with van der Waals surface area (Å²) < 4.78 is 2.00. The van der Waals surface area contributed by atoms with Gasteiger partial charge in [0.1, 0.15) is 5.75 Å². The molecule has 84 valence electrons. The summed E-state index contributed by atoms with van der Waals surface area (Å²) in [5.74, 6) is 0.270. The van der Waals surface area contributed by atoms with Crippen molar-refractivity contribution in [3.63, 3.8) is 0 Å². The molecule has 0 aliphatic carbocycles. The summed E-state index contributed by atoms with van der Waals surface area (Å²) in [6, 6.07) is 10.9. The third-order valence-corrected chi connectivity index (χ3v) is 2.58. The Kier molecular flexibility index (Phi) is 2.97. The third-order valence-electron chi connectivity index (χ3n) is 2.58. The van der Waals surface area contributed by atoms with Gasteiger partial charge in [-0.3, -0.25) is 0 Å². The fraction of sp³-hybridized carbons (Fsp3) is 0.231. The van der Waals surface area contributed by atoms with Gasteiger partial charge in [-0.05, 0) is 36.8 Å². The highest BCUT2D eigenvalue weighted by molar-refractivity contribution is 5.26. The van der Waals surface area contributed by atoms with E-state index in [2.05, 4.69) is 0 Å². The molecular weight excluding hydrogens is 202 g/mol. The molecule has 0 fully saturated rings. The molecule has 0 bridgehead atoms. The third kappa shape index (κ3) is 2.25. The number of nitrogens with zero attached hydrogens (tertiary/aromatic N) is 1. The van der Waals surface area contributed by atoms with E-state index in [1.165, 1.54) is 0 Å². The minimum Gasteiger partial charge on any atom is -0.508 e. The van der Waals surface area contributed by atoms with Crippen LogP contribution in [0.1, 0.15) is 24.3 Å². The summed E-state index contributed by atoms with van der Waals surface area (Å²) in [6.45, 7) is 2.45. The number of hydrogen-bond donors (Lipinski definition) is 2. The van der Waals surface area contributed by atoms with Gasteiger partial charge in [0.25, 0.3) is 0 Å². The van der Waals surface area contributed by atoms with E-state index < -0.39 is 6.10 Å². The maximum atomic E-state index is 9.55. The van der Waals surface area contributed by atoms with E-state index in [0.717, 1.165) is 11.3 Å². The molecule has 1 unspecified atom stereocenters. The Balaban J connectivity index is 2.20. The van der Waals surface area contributed by atoms with Gasteiger partial charge >= 0.3 is 0 Å². The lowest BCUT2D eigenvalue weighted by Gasteiger charge is -2.11. The second-order valence-corrected chi connectivity index (χ2v) is 3.90. The molecule has 3 heteroatoms. The summed E-state index contributed by atoms with van der Waals surface area (Å²) in [5.41, 5.74) is 1.99. The van der Waals surface area contributed by atoms with Gasteiger partial charge in [-0.1, -0.05) is 12.1 Å². The Morgan fingerprint density at radius 3 is 2.50 bits per heavy atom.